The predicted octanol–water partition coefficient (Wildman–Crippen LogP) is 2.99. The Morgan fingerprint density at radius 1 is 1.24 bits per heavy atom. The van der Waals surface area contributed by atoms with E-state index >= 15 is 0 Å². The van der Waals surface area contributed by atoms with Crippen LogP contribution in [-0.2, 0) is 6.54 Å². The number of hydrogen-bond donors (Lipinski definition) is 1. The van der Waals surface area contributed by atoms with Gasteiger partial charge in [0.15, 0.2) is 0 Å². The maximum atomic E-state index is 12.4. The molecule has 0 atom stereocenters. The minimum atomic E-state index is -0.0952. The molecule has 0 fully saturated rings. The van der Waals surface area contributed by atoms with Crippen LogP contribution in [0.15, 0.2) is 47.3 Å². The fourth-order valence-corrected chi connectivity index (χ4v) is 2.47. The van der Waals surface area contributed by atoms with Gasteiger partial charge in [0.05, 0.1) is 28.3 Å². The number of para-hydroxylation sites is 2. The van der Waals surface area contributed by atoms with E-state index in [0.717, 1.165) is 16.6 Å². The van der Waals surface area contributed by atoms with Crippen molar-refractivity contribution in [3.63, 3.8) is 0 Å². The molecular weight excluding hydrogens is 286 g/mol. The molecule has 0 aliphatic rings. The van der Waals surface area contributed by atoms with E-state index in [1.807, 2.05) is 30.3 Å². The molecule has 106 valence electrons. The van der Waals surface area contributed by atoms with Crippen LogP contribution in [0.4, 0.5) is 5.69 Å². The molecule has 2 N–H and O–H groups in total. The molecule has 0 aliphatic carbocycles. The van der Waals surface area contributed by atoms with E-state index in [1.165, 1.54) is 0 Å². The number of rotatable bonds is 2. The summed E-state index contributed by atoms with van der Waals surface area (Å²) in [5, 5.41) is 0.516. The Morgan fingerprint density at radius 2 is 2.00 bits per heavy atom. The molecule has 0 bridgehead atoms. The van der Waals surface area contributed by atoms with Crippen LogP contribution in [0.2, 0.25) is 5.02 Å². The zero-order valence-electron chi connectivity index (χ0n) is 11.5. The number of aryl methyl sites for hydroxylation is 1. The highest BCUT2D eigenvalue weighted by atomic mass is 35.5. The summed E-state index contributed by atoms with van der Waals surface area (Å²) < 4.78 is 1.71. The number of nitrogens with two attached hydrogens (primary N) is 1. The van der Waals surface area contributed by atoms with Gasteiger partial charge >= 0.3 is 0 Å². The second-order valence-corrected chi connectivity index (χ2v) is 5.34. The minimum Gasteiger partial charge on any atom is -0.398 e. The molecule has 2 aromatic carbocycles. The molecule has 3 aromatic rings. The second-order valence-electron chi connectivity index (χ2n) is 4.93. The van der Waals surface area contributed by atoms with Crippen LogP contribution < -0.4 is 11.3 Å². The van der Waals surface area contributed by atoms with Gasteiger partial charge < -0.3 is 10.3 Å². The van der Waals surface area contributed by atoms with Gasteiger partial charge in [0.2, 0.25) is 0 Å². The summed E-state index contributed by atoms with van der Waals surface area (Å²) in [6.45, 7) is 2.16. The first-order valence-corrected chi connectivity index (χ1v) is 6.94. The summed E-state index contributed by atoms with van der Waals surface area (Å²) in [4.78, 5) is 16.7. The SMILES string of the molecule is Cc1nc2ccccc2n(Cc2ccc(Cl)c(N)c2)c1=O. The highest BCUT2D eigenvalue weighted by Crippen LogP contribution is 2.20. The number of anilines is 1. The van der Waals surface area contributed by atoms with E-state index in [-0.39, 0.29) is 5.56 Å². The molecular formula is C16H14ClN3O. The van der Waals surface area contributed by atoms with Crippen molar-refractivity contribution in [2.45, 2.75) is 13.5 Å². The molecule has 0 saturated heterocycles. The quantitative estimate of drug-likeness (QED) is 0.740. The molecule has 5 heteroatoms. The van der Waals surface area contributed by atoms with Gasteiger partial charge in [-0.2, -0.15) is 0 Å². The predicted molar refractivity (Wildman–Crippen MR) is 85.7 cm³/mol. The third kappa shape index (κ3) is 2.50. The maximum absolute atomic E-state index is 12.4. The first kappa shape index (κ1) is 13.6. The topological polar surface area (TPSA) is 60.9 Å². The van der Waals surface area contributed by atoms with Gasteiger partial charge in [-0.1, -0.05) is 29.8 Å². The summed E-state index contributed by atoms with van der Waals surface area (Å²) in [5.41, 5.74) is 9.26. The van der Waals surface area contributed by atoms with Gasteiger partial charge in [-0.05, 0) is 36.8 Å². The number of benzene rings is 2. The first-order chi connectivity index (χ1) is 10.1. The van der Waals surface area contributed by atoms with Crippen molar-refractivity contribution in [2.75, 3.05) is 5.73 Å². The number of aromatic nitrogens is 2. The van der Waals surface area contributed by atoms with E-state index < -0.39 is 0 Å². The van der Waals surface area contributed by atoms with E-state index in [1.54, 1.807) is 23.6 Å². The number of nitrogen functional groups attached to an aromatic ring is 1. The summed E-state index contributed by atoms with van der Waals surface area (Å²) in [7, 11) is 0. The Labute approximate surface area is 126 Å². The van der Waals surface area contributed by atoms with E-state index in [0.29, 0.717) is 22.9 Å². The lowest BCUT2D eigenvalue weighted by molar-refractivity contribution is 0.776. The van der Waals surface area contributed by atoms with Gasteiger partial charge in [0, 0.05) is 0 Å². The van der Waals surface area contributed by atoms with Gasteiger partial charge in [-0.15, -0.1) is 0 Å². The molecule has 0 aliphatic heterocycles. The monoisotopic (exact) mass is 299 g/mol. The largest absolute Gasteiger partial charge is 0.398 e. The van der Waals surface area contributed by atoms with Gasteiger partial charge in [-0.25, -0.2) is 4.98 Å². The number of fused-ring (bicyclic) bond motifs is 1. The first-order valence-electron chi connectivity index (χ1n) is 6.56. The summed E-state index contributed by atoms with van der Waals surface area (Å²) >= 11 is 5.93. The minimum absolute atomic E-state index is 0.0952. The van der Waals surface area contributed by atoms with Gasteiger partial charge in [-0.3, -0.25) is 4.79 Å². The van der Waals surface area contributed by atoms with Crippen molar-refractivity contribution < 1.29 is 0 Å². The molecule has 0 unspecified atom stereocenters. The standard InChI is InChI=1S/C16H14ClN3O/c1-10-16(21)20(15-5-3-2-4-14(15)19-10)9-11-6-7-12(17)13(18)8-11/h2-8H,9,18H2,1H3. The molecule has 21 heavy (non-hydrogen) atoms. The maximum Gasteiger partial charge on any atom is 0.272 e. The van der Waals surface area contributed by atoms with Crippen molar-refractivity contribution >= 4 is 28.3 Å². The van der Waals surface area contributed by atoms with Crippen LogP contribution in [-0.4, -0.2) is 9.55 Å². The van der Waals surface area contributed by atoms with Crippen LogP contribution in [0, 0.1) is 6.92 Å². The summed E-state index contributed by atoms with van der Waals surface area (Å²) in [6.07, 6.45) is 0. The smallest absolute Gasteiger partial charge is 0.272 e. The normalized spacial score (nSPS) is 11.0. The highest BCUT2D eigenvalue weighted by molar-refractivity contribution is 6.33. The Hall–Kier alpha value is -2.33. The van der Waals surface area contributed by atoms with Gasteiger partial charge in [0.25, 0.3) is 5.56 Å². The van der Waals surface area contributed by atoms with Crippen LogP contribution in [0.5, 0.6) is 0 Å². The van der Waals surface area contributed by atoms with Crippen molar-refractivity contribution in [1.82, 2.24) is 9.55 Å². The highest BCUT2D eigenvalue weighted by Gasteiger charge is 2.08. The fourth-order valence-electron chi connectivity index (χ4n) is 2.35. The lowest BCUT2D eigenvalue weighted by Crippen LogP contribution is -2.24. The van der Waals surface area contributed by atoms with E-state index in [2.05, 4.69) is 4.98 Å². The van der Waals surface area contributed by atoms with Crippen LogP contribution in [0.25, 0.3) is 11.0 Å². The Balaban J connectivity index is 2.17. The Kier molecular flexibility index (Phi) is 3.39. The lowest BCUT2D eigenvalue weighted by atomic mass is 10.2. The van der Waals surface area contributed by atoms with Crippen molar-refractivity contribution in [3.05, 3.63) is 69.1 Å². The molecule has 3 rings (SSSR count). The molecule has 0 saturated carbocycles. The molecule has 0 spiro atoms. The summed E-state index contributed by atoms with van der Waals surface area (Å²) in [5.74, 6) is 0. The van der Waals surface area contributed by atoms with Gasteiger partial charge in [0.1, 0.15) is 5.69 Å². The van der Waals surface area contributed by atoms with Crippen LogP contribution in [0.3, 0.4) is 0 Å². The molecule has 0 amide bonds. The Morgan fingerprint density at radius 3 is 2.76 bits per heavy atom. The summed E-state index contributed by atoms with van der Waals surface area (Å²) in [6, 6.07) is 13.0. The average Bonchev–Trinajstić information content (AvgIpc) is 2.47. The third-order valence-corrected chi connectivity index (χ3v) is 3.76. The number of halogens is 1. The molecule has 4 nitrogen and oxygen atoms in total. The van der Waals surface area contributed by atoms with Crippen LogP contribution >= 0.6 is 11.6 Å². The van der Waals surface area contributed by atoms with Crippen molar-refractivity contribution in [2.24, 2.45) is 0 Å². The Bertz CT molecular complexity index is 886. The lowest BCUT2D eigenvalue weighted by Gasteiger charge is -2.11. The van der Waals surface area contributed by atoms with E-state index in [9.17, 15) is 4.79 Å². The average molecular weight is 300 g/mol. The van der Waals surface area contributed by atoms with E-state index in [4.69, 9.17) is 17.3 Å². The second kappa shape index (κ2) is 5.22. The zero-order chi connectivity index (χ0) is 15.0. The van der Waals surface area contributed by atoms with Crippen molar-refractivity contribution in [1.29, 1.82) is 0 Å². The van der Waals surface area contributed by atoms with Crippen molar-refractivity contribution in [3.8, 4) is 0 Å². The molecule has 0 radical (unpaired) electrons. The fraction of sp³-hybridized carbons (Fsp3) is 0.125. The number of nitrogens with zero attached hydrogens (tertiary/aromatic N) is 2. The van der Waals surface area contributed by atoms with Crippen LogP contribution in [0.1, 0.15) is 11.3 Å². The number of hydrogen-bond acceptors (Lipinski definition) is 3. The molecule has 1 heterocycles. The molecule has 1 aromatic heterocycles. The third-order valence-electron chi connectivity index (χ3n) is 3.42. The zero-order valence-corrected chi connectivity index (χ0v) is 12.3.